The van der Waals surface area contributed by atoms with Crippen LogP contribution >= 0.6 is 12.4 Å². The summed E-state index contributed by atoms with van der Waals surface area (Å²) in [5.41, 5.74) is 10.4. The Morgan fingerprint density at radius 2 is 2.05 bits per heavy atom. The van der Waals surface area contributed by atoms with Gasteiger partial charge in [-0.15, -0.1) is 12.4 Å². The normalized spacial score (nSPS) is 18.7. The van der Waals surface area contributed by atoms with Gasteiger partial charge in [-0.05, 0) is 43.5 Å². The van der Waals surface area contributed by atoms with Crippen molar-refractivity contribution in [1.29, 1.82) is 0 Å². The smallest absolute Gasteiger partial charge is 0.398 e. The molecular weight excluding hydrogens is 319 g/mol. The van der Waals surface area contributed by atoms with Gasteiger partial charge in [-0.2, -0.15) is 13.2 Å². The fourth-order valence-corrected chi connectivity index (χ4v) is 2.53. The molecule has 1 fully saturated rings. The van der Waals surface area contributed by atoms with E-state index in [4.69, 9.17) is 11.5 Å². The predicted octanol–water partition coefficient (Wildman–Crippen LogP) is 2.52. The Balaban J connectivity index is 0.00000242. The average Bonchev–Trinajstić information content (AvgIpc) is 2.46. The third-order valence-electron chi connectivity index (χ3n) is 3.75. The largest absolute Gasteiger partial charge is 0.416 e. The zero-order valence-corrected chi connectivity index (χ0v) is 12.7. The zero-order chi connectivity index (χ0) is 15.6. The SMILES string of the molecule is Cl.NCC1CCCN(C(=O)c2cc(C(F)(F)F)ccc2N)C1. The molecule has 1 atom stereocenters. The number of amides is 1. The summed E-state index contributed by atoms with van der Waals surface area (Å²) in [7, 11) is 0. The Morgan fingerprint density at radius 3 is 2.64 bits per heavy atom. The summed E-state index contributed by atoms with van der Waals surface area (Å²) in [6.07, 6.45) is -2.77. The van der Waals surface area contributed by atoms with E-state index in [-0.39, 0.29) is 29.6 Å². The molecule has 4 nitrogen and oxygen atoms in total. The van der Waals surface area contributed by atoms with Crippen molar-refractivity contribution in [1.82, 2.24) is 4.90 Å². The molecule has 4 N–H and O–H groups in total. The van der Waals surface area contributed by atoms with Gasteiger partial charge >= 0.3 is 6.18 Å². The summed E-state index contributed by atoms with van der Waals surface area (Å²) >= 11 is 0. The Bertz CT molecular complexity index is 537. The van der Waals surface area contributed by atoms with Crippen LogP contribution in [0.1, 0.15) is 28.8 Å². The van der Waals surface area contributed by atoms with Crippen LogP contribution in [0.25, 0.3) is 0 Å². The molecule has 1 aliphatic rings. The first-order chi connectivity index (χ1) is 9.82. The van der Waals surface area contributed by atoms with Gasteiger partial charge < -0.3 is 16.4 Å². The van der Waals surface area contributed by atoms with Crippen LogP contribution in [0.15, 0.2) is 18.2 Å². The number of benzene rings is 1. The minimum absolute atomic E-state index is 0. The molecule has 1 saturated heterocycles. The second-order valence-electron chi connectivity index (χ2n) is 5.29. The number of hydrogen-bond acceptors (Lipinski definition) is 3. The van der Waals surface area contributed by atoms with Crippen molar-refractivity contribution in [2.24, 2.45) is 11.7 Å². The molecule has 0 bridgehead atoms. The molecule has 1 amide bonds. The number of carbonyl (C=O) groups excluding carboxylic acids is 1. The summed E-state index contributed by atoms with van der Waals surface area (Å²) in [4.78, 5) is 13.9. The molecule has 0 aromatic heterocycles. The van der Waals surface area contributed by atoms with E-state index in [0.717, 1.165) is 31.0 Å². The molecule has 1 unspecified atom stereocenters. The lowest BCUT2D eigenvalue weighted by molar-refractivity contribution is -0.137. The minimum atomic E-state index is -4.50. The number of rotatable bonds is 2. The van der Waals surface area contributed by atoms with Crippen LogP contribution in [0.4, 0.5) is 18.9 Å². The Morgan fingerprint density at radius 1 is 1.36 bits per heavy atom. The van der Waals surface area contributed by atoms with Gasteiger partial charge in [0.05, 0.1) is 11.1 Å². The van der Waals surface area contributed by atoms with E-state index in [1.165, 1.54) is 4.90 Å². The van der Waals surface area contributed by atoms with E-state index in [1.807, 2.05) is 0 Å². The van der Waals surface area contributed by atoms with Gasteiger partial charge in [-0.1, -0.05) is 0 Å². The maximum absolute atomic E-state index is 12.7. The molecule has 8 heteroatoms. The van der Waals surface area contributed by atoms with Crippen LogP contribution in [0.2, 0.25) is 0 Å². The Kier molecular flexibility index (Phi) is 6.08. The molecule has 1 aromatic rings. The van der Waals surface area contributed by atoms with E-state index >= 15 is 0 Å². The number of alkyl halides is 3. The van der Waals surface area contributed by atoms with Crippen LogP contribution in [0.3, 0.4) is 0 Å². The highest BCUT2D eigenvalue weighted by atomic mass is 35.5. The predicted molar refractivity (Wildman–Crippen MR) is 80.8 cm³/mol. The lowest BCUT2D eigenvalue weighted by Crippen LogP contribution is -2.42. The van der Waals surface area contributed by atoms with Crippen molar-refractivity contribution in [3.05, 3.63) is 29.3 Å². The third-order valence-corrected chi connectivity index (χ3v) is 3.75. The lowest BCUT2D eigenvalue weighted by Gasteiger charge is -2.32. The molecule has 1 heterocycles. The van der Waals surface area contributed by atoms with Gasteiger partial charge in [0, 0.05) is 18.8 Å². The van der Waals surface area contributed by atoms with E-state index < -0.39 is 17.6 Å². The summed E-state index contributed by atoms with van der Waals surface area (Å²) < 4.78 is 38.2. The van der Waals surface area contributed by atoms with Crippen LogP contribution in [0.5, 0.6) is 0 Å². The second-order valence-corrected chi connectivity index (χ2v) is 5.29. The van der Waals surface area contributed by atoms with E-state index in [2.05, 4.69) is 0 Å². The summed E-state index contributed by atoms with van der Waals surface area (Å²) in [6.45, 7) is 1.44. The van der Waals surface area contributed by atoms with Gasteiger partial charge in [0.1, 0.15) is 0 Å². The van der Waals surface area contributed by atoms with E-state index in [0.29, 0.717) is 19.6 Å². The van der Waals surface area contributed by atoms with Crippen molar-refractivity contribution >= 4 is 24.0 Å². The van der Waals surface area contributed by atoms with Crippen molar-refractivity contribution in [2.75, 3.05) is 25.4 Å². The molecule has 2 rings (SSSR count). The molecule has 0 aliphatic carbocycles. The molecule has 1 aromatic carbocycles. The monoisotopic (exact) mass is 337 g/mol. The molecule has 0 radical (unpaired) electrons. The molecule has 0 spiro atoms. The lowest BCUT2D eigenvalue weighted by atomic mass is 9.97. The number of anilines is 1. The highest BCUT2D eigenvalue weighted by molar-refractivity contribution is 5.99. The number of nitrogen functional groups attached to an aromatic ring is 1. The molecule has 0 saturated carbocycles. The quantitative estimate of drug-likeness (QED) is 0.814. The van der Waals surface area contributed by atoms with E-state index in [9.17, 15) is 18.0 Å². The molecule has 1 aliphatic heterocycles. The first kappa shape index (κ1) is 18.6. The topological polar surface area (TPSA) is 72.3 Å². The standard InChI is InChI=1S/C14H18F3N3O.ClH/c15-14(16,17)10-3-4-12(19)11(6-10)13(21)20-5-1-2-9(7-18)8-20;/h3-4,6,9H,1-2,5,7-8,18-19H2;1H. The van der Waals surface area contributed by atoms with Crippen molar-refractivity contribution in [3.63, 3.8) is 0 Å². The number of nitrogens with two attached hydrogens (primary N) is 2. The maximum atomic E-state index is 12.7. The fourth-order valence-electron chi connectivity index (χ4n) is 2.53. The summed E-state index contributed by atoms with van der Waals surface area (Å²) in [5.74, 6) is -0.272. The third kappa shape index (κ3) is 4.04. The van der Waals surface area contributed by atoms with Crippen LogP contribution in [-0.2, 0) is 6.18 Å². The van der Waals surface area contributed by atoms with Crippen molar-refractivity contribution < 1.29 is 18.0 Å². The number of hydrogen-bond donors (Lipinski definition) is 2. The average molecular weight is 338 g/mol. The number of carbonyl (C=O) groups is 1. The first-order valence-corrected chi connectivity index (χ1v) is 6.79. The fraction of sp³-hybridized carbons (Fsp3) is 0.500. The highest BCUT2D eigenvalue weighted by Gasteiger charge is 2.32. The Hall–Kier alpha value is -1.47. The minimum Gasteiger partial charge on any atom is -0.398 e. The summed E-state index contributed by atoms with van der Waals surface area (Å²) in [6, 6.07) is 2.83. The van der Waals surface area contributed by atoms with Gasteiger partial charge in [0.25, 0.3) is 5.91 Å². The van der Waals surface area contributed by atoms with Gasteiger partial charge in [-0.25, -0.2) is 0 Å². The number of likely N-dealkylation sites (tertiary alicyclic amines) is 1. The first-order valence-electron chi connectivity index (χ1n) is 6.79. The zero-order valence-electron chi connectivity index (χ0n) is 11.9. The molecule has 124 valence electrons. The highest BCUT2D eigenvalue weighted by Crippen LogP contribution is 2.32. The van der Waals surface area contributed by atoms with Gasteiger partial charge in [-0.3, -0.25) is 4.79 Å². The number of nitrogens with zero attached hydrogens (tertiary/aromatic N) is 1. The second kappa shape index (κ2) is 7.19. The van der Waals surface area contributed by atoms with Gasteiger partial charge in [0.2, 0.25) is 0 Å². The van der Waals surface area contributed by atoms with Crippen LogP contribution in [-0.4, -0.2) is 30.4 Å². The maximum Gasteiger partial charge on any atom is 0.416 e. The Labute approximate surface area is 133 Å². The van der Waals surface area contributed by atoms with Crippen molar-refractivity contribution in [3.8, 4) is 0 Å². The van der Waals surface area contributed by atoms with E-state index in [1.54, 1.807) is 0 Å². The summed E-state index contributed by atoms with van der Waals surface area (Å²) in [5, 5.41) is 0. The van der Waals surface area contributed by atoms with Crippen LogP contribution < -0.4 is 11.5 Å². The van der Waals surface area contributed by atoms with Gasteiger partial charge in [0.15, 0.2) is 0 Å². The number of piperidine rings is 1. The molecular formula is C14H19ClF3N3O. The molecule has 22 heavy (non-hydrogen) atoms. The number of halogens is 4. The van der Waals surface area contributed by atoms with Crippen molar-refractivity contribution in [2.45, 2.75) is 19.0 Å². The van der Waals surface area contributed by atoms with Crippen LogP contribution in [0, 0.1) is 5.92 Å².